The average molecular weight is 530 g/mol. The molecule has 0 saturated carbocycles. The van der Waals surface area contributed by atoms with Crippen molar-refractivity contribution in [2.24, 2.45) is 4.99 Å². The summed E-state index contributed by atoms with van der Waals surface area (Å²) >= 11 is 4.88. The molecule has 0 fully saturated rings. The molecule has 1 heterocycles. The third-order valence-corrected chi connectivity index (χ3v) is 7.81. The van der Waals surface area contributed by atoms with Gasteiger partial charge in [-0.1, -0.05) is 57.1 Å². The van der Waals surface area contributed by atoms with Crippen molar-refractivity contribution in [1.29, 1.82) is 0 Å². The maximum absolute atomic E-state index is 13.1. The quantitative estimate of drug-likeness (QED) is 0.379. The van der Waals surface area contributed by atoms with Crippen LogP contribution in [0.3, 0.4) is 0 Å². The van der Waals surface area contributed by atoms with Crippen LogP contribution in [0.4, 0.5) is 5.69 Å². The summed E-state index contributed by atoms with van der Waals surface area (Å²) in [5.74, 6) is -0.514. The van der Waals surface area contributed by atoms with Gasteiger partial charge in [0.25, 0.3) is 15.9 Å². The second-order valence-corrected chi connectivity index (χ2v) is 10.7. The highest BCUT2D eigenvalue weighted by Crippen LogP contribution is 2.24. The highest BCUT2D eigenvalue weighted by Gasteiger charge is 2.19. The Kier molecular flexibility index (Phi) is 6.32. The SMILES string of the molecule is CCn1c(=NC(=O)c2ccccc2NS(=O)(=O)c2ccc(C)cc2)sc2cc(Br)ccc21. The van der Waals surface area contributed by atoms with Crippen LogP contribution in [-0.2, 0) is 16.6 Å². The molecule has 0 bridgehead atoms. The highest BCUT2D eigenvalue weighted by molar-refractivity contribution is 9.10. The number of halogens is 1. The molecule has 0 unspecified atom stereocenters. The van der Waals surface area contributed by atoms with E-state index in [0.717, 1.165) is 20.3 Å². The number of hydrogen-bond donors (Lipinski definition) is 1. The molecule has 0 spiro atoms. The van der Waals surface area contributed by atoms with Crippen LogP contribution in [0.1, 0.15) is 22.8 Å². The molecule has 1 N–H and O–H groups in total. The van der Waals surface area contributed by atoms with Crippen LogP contribution < -0.4 is 9.52 Å². The predicted octanol–water partition coefficient (Wildman–Crippen LogP) is 5.34. The Morgan fingerprint density at radius 1 is 1.09 bits per heavy atom. The summed E-state index contributed by atoms with van der Waals surface area (Å²) in [5.41, 5.74) is 2.32. The summed E-state index contributed by atoms with van der Waals surface area (Å²) < 4.78 is 32.1. The molecule has 0 aliphatic rings. The lowest BCUT2D eigenvalue weighted by molar-refractivity contribution is 0.0998. The van der Waals surface area contributed by atoms with Gasteiger partial charge in [-0.15, -0.1) is 0 Å². The van der Waals surface area contributed by atoms with E-state index >= 15 is 0 Å². The van der Waals surface area contributed by atoms with Gasteiger partial charge < -0.3 is 4.57 Å². The van der Waals surface area contributed by atoms with E-state index in [1.807, 2.05) is 36.6 Å². The molecule has 1 aromatic heterocycles. The van der Waals surface area contributed by atoms with Crippen LogP contribution in [0.25, 0.3) is 10.2 Å². The van der Waals surface area contributed by atoms with E-state index in [1.54, 1.807) is 36.4 Å². The number of nitrogens with zero attached hydrogens (tertiary/aromatic N) is 2. The van der Waals surface area contributed by atoms with Crippen LogP contribution in [0.15, 0.2) is 81.1 Å². The fourth-order valence-corrected chi connectivity index (χ4v) is 5.99. The molecule has 4 aromatic rings. The second-order valence-electron chi connectivity index (χ2n) is 7.12. The summed E-state index contributed by atoms with van der Waals surface area (Å²) in [7, 11) is -3.85. The monoisotopic (exact) mass is 529 g/mol. The van der Waals surface area contributed by atoms with Crippen LogP contribution in [0, 0.1) is 6.92 Å². The number of fused-ring (bicyclic) bond motifs is 1. The zero-order valence-electron chi connectivity index (χ0n) is 17.4. The molecule has 9 heteroatoms. The van der Waals surface area contributed by atoms with E-state index in [4.69, 9.17) is 0 Å². The number of carbonyl (C=O) groups is 1. The van der Waals surface area contributed by atoms with Crippen molar-refractivity contribution in [1.82, 2.24) is 4.57 Å². The fraction of sp³-hybridized carbons (Fsp3) is 0.130. The third-order valence-electron chi connectivity index (χ3n) is 4.89. The number of amides is 1. The van der Waals surface area contributed by atoms with Crippen molar-refractivity contribution in [2.45, 2.75) is 25.3 Å². The fourth-order valence-electron chi connectivity index (χ4n) is 3.26. The van der Waals surface area contributed by atoms with Gasteiger partial charge >= 0.3 is 0 Å². The van der Waals surface area contributed by atoms with E-state index in [1.165, 1.54) is 23.5 Å². The molecule has 4 rings (SSSR count). The number of aryl methyl sites for hydroxylation is 2. The average Bonchev–Trinajstić information content (AvgIpc) is 3.09. The van der Waals surface area contributed by atoms with E-state index in [-0.39, 0.29) is 16.1 Å². The van der Waals surface area contributed by atoms with Crippen LogP contribution in [0.2, 0.25) is 0 Å². The van der Waals surface area contributed by atoms with Crippen molar-refractivity contribution in [2.75, 3.05) is 4.72 Å². The van der Waals surface area contributed by atoms with Crippen molar-refractivity contribution in [3.05, 3.63) is 87.1 Å². The van der Waals surface area contributed by atoms with Gasteiger partial charge in [-0.05, 0) is 56.3 Å². The Labute approximate surface area is 198 Å². The number of carbonyl (C=O) groups excluding carboxylic acids is 1. The third kappa shape index (κ3) is 4.55. The maximum atomic E-state index is 13.1. The molecular weight excluding hydrogens is 510 g/mol. The normalized spacial score (nSPS) is 12.3. The first-order valence-corrected chi connectivity index (χ1v) is 12.9. The Morgan fingerprint density at radius 2 is 1.81 bits per heavy atom. The van der Waals surface area contributed by atoms with E-state index in [0.29, 0.717) is 11.3 Å². The summed E-state index contributed by atoms with van der Waals surface area (Å²) in [6.45, 7) is 4.52. The molecule has 3 aromatic carbocycles. The molecule has 0 aliphatic carbocycles. The molecule has 0 atom stereocenters. The van der Waals surface area contributed by atoms with Crippen LogP contribution >= 0.6 is 27.3 Å². The number of rotatable bonds is 5. The number of hydrogen-bond acceptors (Lipinski definition) is 4. The Balaban J connectivity index is 1.74. The number of nitrogens with one attached hydrogen (secondary N) is 1. The Bertz CT molecular complexity index is 1490. The number of benzene rings is 3. The lowest BCUT2D eigenvalue weighted by Crippen LogP contribution is -2.18. The maximum Gasteiger partial charge on any atom is 0.281 e. The Hall–Kier alpha value is -2.75. The van der Waals surface area contributed by atoms with Gasteiger partial charge in [0, 0.05) is 11.0 Å². The number of sulfonamides is 1. The van der Waals surface area contributed by atoms with Crippen molar-refractivity contribution in [3.8, 4) is 0 Å². The number of thiazole rings is 1. The summed E-state index contributed by atoms with van der Waals surface area (Å²) in [6.07, 6.45) is 0. The number of anilines is 1. The molecule has 6 nitrogen and oxygen atoms in total. The molecule has 1 amide bonds. The van der Waals surface area contributed by atoms with Gasteiger partial charge in [0.2, 0.25) is 0 Å². The summed E-state index contributed by atoms with van der Waals surface area (Å²) in [6, 6.07) is 18.9. The van der Waals surface area contributed by atoms with Gasteiger partial charge in [-0.25, -0.2) is 8.42 Å². The summed E-state index contributed by atoms with van der Waals surface area (Å²) in [5, 5.41) is 0. The van der Waals surface area contributed by atoms with Crippen LogP contribution in [0.5, 0.6) is 0 Å². The minimum Gasteiger partial charge on any atom is -0.317 e. The minimum absolute atomic E-state index is 0.126. The largest absolute Gasteiger partial charge is 0.317 e. The first-order valence-electron chi connectivity index (χ1n) is 9.85. The zero-order valence-corrected chi connectivity index (χ0v) is 20.6. The lowest BCUT2D eigenvalue weighted by Gasteiger charge is -2.11. The van der Waals surface area contributed by atoms with Crippen molar-refractivity contribution in [3.63, 3.8) is 0 Å². The molecule has 0 radical (unpaired) electrons. The van der Waals surface area contributed by atoms with Gasteiger partial charge in [-0.2, -0.15) is 4.99 Å². The topological polar surface area (TPSA) is 80.5 Å². The van der Waals surface area contributed by atoms with Gasteiger partial charge in [0.15, 0.2) is 4.80 Å². The van der Waals surface area contributed by atoms with Crippen LogP contribution in [-0.4, -0.2) is 18.9 Å². The van der Waals surface area contributed by atoms with E-state index in [2.05, 4.69) is 25.6 Å². The zero-order chi connectivity index (χ0) is 22.9. The molecule has 32 heavy (non-hydrogen) atoms. The highest BCUT2D eigenvalue weighted by atomic mass is 79.9. The van der Waals surface area contributed by atoms with Gasteiger partial charge in [0.1, 0.15) is 0 Å². The van der Waals surface area contributed by atoms with Crippen molar-refractivity contribution >= 4 is 59.1 Å². The van der Waals surface area contributed by atoms with E-state index < -0.39 is 15.9 Å². The molecular formula is C23H20BrN3O3S2. The smallest absolute Gasteiger partial charge is 0.281 e. The number of para-hydroxylation sites is 1. The minimum atomic E-state index is -3.85. The Morgan fingerprint density at radius 3 is 2.53 bits per heavy atom. The van der Waals surface area contributed by atoms with Gasteiger partial charge in [0.05, 0.1) is 26.4 Å². The summed E-state index contributed by atoms with van der Waals surface area (Å²) in [4.78, 5) is 18.1. The molecule has 0 saturated heterocycles. The standard InChI is InChI=1S/C23H20BrN3O3S2/c1-3-27-20-13-10-16(24)14-21(20)31-23(27)25-22(28)18-6-4-5-7-19(18)26-32(29,30)17-11-8-15(2)9-12-17/h4-14,26H,3H2,1-2H3. The predicted molar refractivity (Wildman–Crippen MR) is 132 cm³/mol. The second kappa shape index (κ2) is 9.01. The first-order chi connectivity index (χ1) is 15.3. The first kappa shape index (κ1) is 22.4. The lowest BCUT2D eigenvalue weighted by atomic mass is 10.2. The molecule has 164 valence electrons. The van der Waals surface area contributed by atoms with Crippen molar-refractivity contribution < 1.29 is 13.2 Å². The molecule has 0 aliphatic heterocycles. The van der Waals surface area contributed by atoms with Gasteiger partial charge in [-0.3, -0.25) is 9.52 Å². The van der Waals surface area contributed by atoms with E-state index in [9.17, 15) is 13.2 Å². The number of aromatic nitrogens is 1.